The van der Waals surface area contributed by atoms with Gasteiger partial charge in [0, 0.05) is 0 Å². The van der Waals surface area contributed by atoms with E-state index in [-0.39, 0.29) is 12.2 Å². The van der Waals surface area contributed by atoms with Crippen LogP contribution in [0, 0.1) is 11.3 Å². The second-order valence-corrected chi connectivity index (χ2v) is 6.07. The quantitative estimate of drug-likeness (QED) is 0.650. The molecule has 1 aromatic rings. The predicted octanol–water partition coefficient (Wildman–Crippen LogP) is 4.77. The monoisotopic (exact) mass is 301 g/mol. The summed E-state index contributed by atoms with van der Waals surface area (Å²) in [5, 5.41) is 8.82. The summed E-state index contributed by atoms with van der Waals surface area (Å²) in [6.07, 6.45) is 9.26. The van der Waals surface area contributed by atoms with Crippen molar-refractivity contribution in [3.05, 3.63) is 35.4 Å². The second kappa shape index (κ2) is 9.61. The molecule has 1 aliphatic rings. The third kappa shape index (κ3) is 5.44. The standard InChI is InChI=1S/C19H27NO2/c1-2-3-4-5-6-7-8-18-14-22-19(15-21-18)17-11-9-16(13-20)10-12-17/h9-12,18-19H,2-8,14-15H2,1H3/t18-,19-/m0/s1. The van der Waals surface area contributed by atoms with Crippen molar-refractivity contribution < 1.29 is 9.47 Å². The Morgan fingerprint density at radius 2 is 1.73 bits per heavy atom. The first kappa shape index (κ1) is 17.0. The zero-order chi connectivity index (χ0) is 15.6. The van der Waals surface area contributed by atoms with Gasteiger partial charge in [0.15, 0.2) is 0 Å². The number of benzene rings is 1. The average Bonchev–Trinajstić information content (AvgIpc) is 2.59. The first-order valence-corrected chi connectivity index (χ1v) is 8.56. The number of nitriles is 1. The Morgan fingerprint density at radius 3 is 2.36 bits per heavy atom. The molecular weight excluding hydrogens is 274 g/mol. The van der Waals surface area contributed by atoms with Crippen LogP contribution in [0.3, 0.4) is 0 Å². The van der Waals surface area contributed by atoms with Crippen LogP contribution in [0.2, 0.25) is 0 Å². The third-order valence-electron chi connectivity index (χ3n) is 4.26. The molecular formula is C19H27NO2. The molecule has 0 amide bonds. The highest BCUT2D eigenvalue weighted by Gasteiger charge is 2.23. The van der Waals surface area contributed by atoms with Gasteiger partial charge >= 0.3 is 0 Å². The molecule has 1 fully saturated rings. The van der Waals surface area contributed by atoms with Gasteiger partial charge in [-0.2, -0.15) is 5.26 Å². The summed E-state index contributed by atoms with van der Waals surface area (Å²) >= 11 is 0. The van der Waals surface area contributed by atoms with Gasteiger partial charge in [-0.15, -0.1) is 0 Å². The first-order chi connectivity index (χ1) is 10.8. The van der Waals surface area contributed by atoms with E-state index in [4.69, 9.17) is 14.7 Å². The normalized spacial score (nSPS) is 21.5. The molecule has 0 saturated carbocycles. The molecule has 1 aliphatic heterocycles. The summed E-state index contributed by atoms with van der Waals surface area (Å²) in [5.41, 5.74) is 1.78. The summed E-state index contributed by atoms with van der Waals surface area (Å²) in [4.78, 5) is 0. The van der Waals surface area contributed by atoms with Crippen molar-refractivity contribution in [3.8, 4) is 6.07 Å². The molecule has 1 saturated heterocycles. The van der Waals surface area contributed by atoms with E-state index in [1.165, 1.54) is 38.5 Å². The molecule has 0 radical (unpaired) electrons. The fraction of sp³-hybridized carbons (Fsp3) is 0.632. The number of unbranched alkanes of at least 4 members (excludes halogenated alkanes) is 5. The van der Waals surface area contributed by atoms with Crippen LogP contribution in [-0.2, 0) is 9.47 Å². The van der Waals surface area contributed by atoms with Gasteiger partial charge in [0.2, 0.25) is 0 Å². The minimum absolute atomic E-state index is 0.00791. The summed E-state index contributed by atoms with van der Waals surface area (Å²) in [6.45, 7) is 3.55. The molecule has 3 nitrogen and oxygen atoms in total. The summed E-state index contributed by atoms with van der Waals surface area (Å²) in [5.74, 6) is 0. The lowest BCUT2D eigenvalue weighted by atomic mass is 10.0. The molecule has 120 valence electrons. The highest BCUT2D eigenvalue weighted by Crippen LogP contribution is 2.25. The fourth-order valence-corrected chi connectivity index (χ4v) is 2.83. The number of ether oxygens (including phenoxy) is 2. The van der Waals surface area contributed by atoms with Gasteiger partial charge in [-0.1, -0.05) is 57.6 Å². The largest absolute Gasteiger partial charge is 0.373 e. The zero-order valence-electron chi connectivity index (χ0n) is 13.6. The molecule has 2 rings (SSSR count). The second-order valence-electron chi connectivity index (χ2n) is 6.07. The lowest BCUT2D eigenvalue weighted by molar-refractivity contribution is -0.137. The average molecular weight is 301 g/mol. The SMILES string of the molecule is CCCCCCCC[C@H]1CO[C@H](c2ccc(C#N)cc2)CO1. The van der Waals surface area contributed by atoms with Gasteiger partial charge in [0.05, 0.1) is 31.0 Å². The fourth-order valence-electron chi connectivity index (χ4n) is 2.83. The maximum absolute atomic E-state index is 8.82. The first-order valence-electron chi connectivity index (χ1n) is 8.56. The van der Waals surface area contributed by atoms with Crippen LogP contribution in [0.15, 0.2) is 24.3 Å². The Morgan fingerprint density at radius 1 is 1.00 bits per heavy atom. The van der Waals surface area contributed by atoms with E-state index in [9.17, 15) is 0 Å². The molecule has 1 heterocycles. The molecule has 2 atom stereocenters. The van der Waals surface area contributed by atoms with E-state index < -0.39 is 0 Å². The molecule has 0 N–H and O–H groups in total. The molecule has 0 bridgehead atoms. The number of nitrogens with zero attached hydrogens (tertiary/aromatic N) is 1. The van der Waals surface area contributed by atoms with Crippen LogP contribution < -0.4 is 0 Å². The lowest BCUT2D eigenvalue weighted by Crippen LogP contribution is -2.31. The van der Waals surface area contributed by atoms with Crippen molar-refractivity contribution in [1.82, 2.24) is 0 Å². The van der Waals surface area contributed by atoms with Crippen LogP contribution in [0.4, 0.5) is 0 Å². The van der Waals surface area contributed by atoms with Crippen LogP contribution in [0.5, 0.6) is 0 Å². The maximum atomic E-state index is 8.82. The van der Waals surface area contributed by atoms with Crippen molar-refractivity contribution in [2.75, 3.05) is 13.2 Å². The molecule has 0 spiro atoms. The van der Waals surface area contributed by atoms with E-state index in [1.807, 2.05) is 24.3 Å². The smallest absolute Gasteiger partial charge is 0.106 e. The minimum Gasteiger partial charge on any atom is -0.373 e. The Hall–Kier alpha value is -1.37. The van der Waals surface area contributed by atoms with Crippen molar-refractivity contribution in [2.24, 2.45) is 0 Å². The Labute approximate surface area is 134 Å². The number of hydrogen-bond acceptors (Lipinski definition) is 3. The van der Waals surface area contributed by atoms with E-state index in [1.54, 1.807) is 0 Å². The summed E-state index contributed by atoms with van der Waals surface area (Å²) < 4.78 is 11.9. The van der Waals surface area contributed by atoms with Crippen LogP contribution in [0.25, 0.3) is 0 Å². The van der Waals surface area contributed by atoms with Gasteiger partial charge in [0.25, 0.3) is 0 Å². The molecule has 0 aromatic heterocycles. The van der Waals surface area contributed by atoms with Crippen molar-refractivity contribution in [1.29, 1.82) is 5.26 Å². The van der Waals surface area contributed by atoms with Gasteiger partial charge in [-0.05, 0) is 24.1 Å². The topological polar surface area (TPSA) is 42.2 Å². The maximum Gasteiger partial charge on any atom is 0.106 e. The molecule has 3 heteroatoms. The third-order valence-corrected chi connectivity index (χ3v) is 4.26. The number of rotatable bonds is 8. The Kier molecular flexibility index (Phi) is 7.42. The summed E-state index contributed by atoms with van der Waals surface area (Å²) in [7, 11) is 0. The highest BCUT2D eigenvalue weighted by atomic mass is 16.6. The molecule has 0 aliphatic carbocycles. The van der Waals surface area contributed by atoms with Gasteiger partial charge < -0.3 is 9.47 Å². The van der Waals surface area contributed by atoms with E-state index >= 15 is 0 Å². The van der Waals surface area contributed by atoms with Gasteiger partial charge in [-0.25, -0.2) is 0 Å². The van der Waals surface area contributed by atoms with E-state index in [0.717, 1.165) is 12.0 Å². The lowest BCUT2D eigenvalue weighted by Gasteiger charge is -2.30. The van der Waals surface area contributed by atoms with Crippen molar-refractivity contribution in [3.63, 3.8) is 0 Å². The van der Waals surface area contributed by atoms with E-state index in [2.05, 4.69) is 13.0 Å². The molecule has 1 aromatic carbocycles. The van der Waals surface area contributed by atoms with Crippen molar-refractivity contribution >= 4 is 0 Å². The van der Waals surface area contributed by atoms with Crippen LogP contribution >= 0.6 is 0 Å². The predicted molar refractivity (Wildman–Crippen MR) is 87.6 cm³/mol. The highest BCUT2D eigenvalue weighted by molar-refractivity contribution is 5.32. The van der Waals surface area contributed by atoms with Crippen LogP contribution in [-0.4, -0.2) is 19.3 Å². The van der Waals surface area contributed by atoms with Crippen LogP contribution in [0.1, 0.15) is 69.1 Å². The molecule has 0 unspecified atom stereocenters. The zero-order valence-corrected chi connectivity index (χ0v) is 13.6. The Balaban J connectivity index is 1.64. The molecule has 22 heavy (non-hydrogen) atoms. The minimum atomic E-state index is 0.00791. The van der Waals surface area contributed by atoms with Gasteiger partial charge in [0.1, 0.15) is 6.10 Å². The van der Waals surface area contributed by atoms with Crippen molar-refractivity contribution in [2.45, 2.75) is 64.1 Å². The van der Waals surface area contributed by atoms with E-state index in [0.29, 0.717) is 18.8 Å². The van der Waals surface area contributed by atoms with Gasteiger partial charge in [-0.3, -0.25) is 0 Å². The Bertz CT molecular complexity index is 455. The summed E-state index contributed by atoms with van der Waals surface area (Å²) in [6, 6.07) is 9.72. The number of hydrogen-bond donors (Lipinski definition) is 0.